The van der Waals surface area contributed by atoms with E-state index in [1.807, 2.05) is 30.3 Å². The number of carboxylic acid groups (broad SMARTS) is 1. The molecule has 0 saturated heterocycles. The van der Waals surface area contributed by atoms with Crippen molar-refractivity contribution in [2.24, 2.45) is 0 Å². The van der Waals surface area contributed by atoms with Crippen molar-refractivity contribution in [1.82, 2.24) is 5.32 Å². The highest BCUT2D eigenvalue weighted by Crippen LogP contribution is 2.24. The Bertz CT molecular complexity index is 603. The maximum Gasteiger partial charge on any atom is 0.303 e. The zero-order valence-corrected chi connectivity index (χ0v) is 13.3. The summed E-state index contributed by atoms with van der Waals surface area (Å²) in [6.45, 7) is 0.673. The van der Waals surface area contributed by atoms with E-state index in [1.54, 1.807) is 0 Å². The quantitative estimate of drug-likeness (QED) is 0.685. The lowest BCUT2D eigenvalue weighted by Crippen LogP contribution is -2.23. The van der Waals surface area contributed by atoms with Crippen LogP contribution in [-0.4, -0.2) is 23.5 Å². The fraction of sp³-hybridized carbons (Fsp3) is 0.412. The predicted molar refractivity (Wildman–Crippen MR) is 89.5 cm³/mol. The van der Waals surface area contributed by atoms with E-state index in [9.17, 15) is 9.59 Å². The third-order valence-corrected chi connectivity index (χ3v) is 4.62. The lowest BCUT2D eigenvalue weighted by atomic mass is 10.1. The molecule has 1 amide bonds. The fourth-order valence-electron chi connectivity index (χ4n) is 2.31. The van der Waals surface area contributed by atoms with Gasteiger partial charge in [-0.1, -0.05) is 37.5 Å². The van der Waals surface area contributed by atoms with Crippen LogP contribution in [0, 0.1) is 0 Å². The van der Waals surface area contributed by atoms with E-state index in [0.717, 1.165) is 47.1 Å². The van der Waals surface area contributed by atoms with E-state index in [2.05, 4.69) is 5.32 Å². The van der Waals surface area contributed by atoms with E-state index in [1.165, 1.54) is 11.3 Å². The van der Waals surface area contributed by atoms with E-state index in [0.29, 0.717) is 6.54 Å². The average molecular weight is 319 g/mol. The molecule has 5 heteroatoms. The fourth-order valence-corrected chi connectivity index (χ4v) is 3.29. The minimum absolute atomic E-state index is 0.00734. The van der Waals surface area contributed by atoms with Gasteiger partial charge >= 0.3 is 5.97 Å². The number of carbonyl (C=O) groups is 2. The summed E-state index contributed by atoms with van der Waals surface area (Å²) in [6, 6.07) is 9.92. The molecule has 1 aromatic carbocycles. The molecule has 0 radical (unpaired) electrons. The molecule has 2 N–H and O–H groups in total. The van der Waals surface area contributed by atoms with Crippen LogP contribution in [0.2, 0.25) is 0 Å². The first-order chi connectivity index (χ1) is 10.7. The van der Waals surface area contributed by atoms with Crippen LogP contribution in [0.25, 0.3) is 10.1 Å². The number of aliphatic carboxylic acids is 1. The third kappa shape index (κ3) is 5.15. The first kappa shape index (κ1) is 16.5. The number of nitrogens with one attached hydrogen (secondary N) is 1. The van der Waals surface area contributed by atoms with Gasteiger partial charge in [0.25, 0.3) is 5.91 Å². The number of carboxylic acids is 1. The Balaban J connectivity index is 1.62. The molecule has 2 rings (SSSR count). The van der Waals surface area contributed by atoms with Crippen molar-refractivity contribution in [2.45, 2.75) is 38.5 Å². The molecule has 4 nitrogen and oxygen atoms in total. The Labute approximate surface area is 134 Å². The lowest BCUT2D eigenvalue weighted by Gasteiger charge is -2.03. The molecule has 2 aromatic rings. The summed E-state index contributed by atoms with van der Waals surface area (Å²) in [7, 11) is 0. The first-order valence-corrected chi connectivity index (χ1v) is 8.47. The number of carbonyl (C=O) groups excluding carboxylic acids is 1. The summed E-state index contributed by atoms with van der Waals surface area (Å²) in [6.07, 6.45) is 4.91. The minimum atomic E-state index is -0.726. The van der Waals surface area contributed by atoms with Gasteiger partial charge in [-0.25, -0.2) is 0 Å². The molecule has 22 heavy (non-hydrogen) atoms. The lowest BCUT2D eigenvalue weighted by molar-refractivity contribution is -0.137. The molecule has 0 aliphatic carbocycles. The van der Waals surface area contributed by atoms with Gasteiger partial charge < -0.3 is 10.4 Å². The molecule has 0 unspecified atom stereocenters. The molecule has 0 aliphatic rings. The molecule has 0 spiro atoms. The molecular weight excluding hydrogens is 298 g/mol. The summed E-state index contributed by atoms with van der Waals surface area (Å²) in [5.41, 5.74) is 0. The van der Waals surface area contributed by atoms with Gasteiger partial charge in [0.15, 0.2) is 0 Å². The van der Waals surface area contributed by atoms with Crippen molar-refractivity contribution in [1.29, 1.82) is 0 Å². The van der Waals surface area contributed by atoms with E-state index < -0.39 is 5.97 Å². The summed E-state index contributed by atoms with van der Waals surface area (Å²) >= 11 is 1.52. The number of benzene rings is 1. The summed E-state index contributed by atoms with van der Waals surface area (Å²) in [5, 5.41) is 12.6. The summed E-state index contributed by atoms with van der Waals surface area (Å²) < 4.78 is 1.13. The Morgan fingerprint density at radius 3 is 2.55 bits per heavy atom. The molecule has 1 aromatic heterocycles. The minimum Gasteiger partial charge on any atom is -0.481 e. The normalized spacial score (nSPS) is 10.7. The van der Waals surface area contributed by atoms with Gasteiger partial charge in [0.05, 0.1) is 4.88 Å². The number of amides is 1. The molecule has 0 saturated carbocycles. The molecular formula is C17H21NO3S. The van der Waals surface area contributed by atoms with Crippen LogP contribution in [0.4, 0.5) is 0 Å². The van der Waals surface area contributed by atoms with Crippen molar-refractivity contribution < 1.29 is 14.7 Å². The van der Waals surface area contributed by atoms with E-state index in [-0.39, 0.29) is 12.3 Å². The van der Waals surface area contributed by atoms with Gasteiger partial charge in [0.2, 0.25) is 0 Å². The average Bonchev–Trinajstić information content (AvgIpc) is 2.93. The number of hydrogen-bond donors (Lipinski definition) is 2. The van der Waals surface area contributed by atoms with Gasteiger partial charge in [0, 0.05) is 17.7 Å². The maximum atomic E-state index is 12.1. The van der Waals surface area contributed by atoms with Crippen LogP contribution in [0.5, 0.6) is 0 Å². The second-order valence-corrected chi connectivity index (χ2v) is 6.40. The van der Waals surface area contributed by atoms with Gasteiger partial charge in [-0.05, 0) is 30.4 Å². The number of thiophene rings is 1. The Morgan fingerprint density at radius 2 is 1.77 bits per heavy atom. The molecule has 0 aliphatic heterocycles. The first-order valence-electron chi connectivity index (χ1n) is 7.65. The second-order valence-electron chi connectivity index (χ2n) is 5.32. The Morgan fingerprint density at radius 1 is 1.05 bits per heavy atom. The monoisotopic (exact) mass is 319 g/mol. The van der Waals surface area contributed by atoms with Crippen LogP contribution in [0.1, 0.15) is 48.2 Å². The highest BCUT2D eigenvalue weighted by Gasteiger charge is 2.09. The van der Waals surface area contributed by atoms with Gasteiger partial charge in [0.1, 0.15) is 0 Å². The van der Waals surface area contributed by atoms with Crippen molar-refractivity contribution >= 4 is 33.3 Å². The van der Waals surface area contributed by atoms with Crippen LogP contribution < -0.4 is 5.32 Å². The number of unbranched alkanes of at least 4 members (excludes halogenated alkanes) is 4. The molecule has 0 bridgehead atoms. The molecule has 1 heterocycles. The maximum absolute atomic E-state index is 12.1. The van der Waals surface area contributed by atoms with Crippen LogP contribution in [-0.2, 0) is 4.79 Å². The number of hydrogen-bond acceptors (Lipinski definition) is 3. The van der Waals surface area contributed by atoms with Gasteiger partial charge in [-0.2, -0.15) is 0 Å². The standard InChI is InChI=1S/C17H21NO3S/c19-16(20)10-4-2-1-3-7-11-18-17(21)15-12-13-8-5-6-9-14(13)22-15/h5-6,8-9,12H,1-4,7,10-11H2,(H,18,21)(H,19,20). The number of rotatable bonds is 9. The Kier molecular flexibility index (Phi) is 6.40. The topological polar surface area (TPSA) is 66.4 Å². The molecule has 118 valence electrons. The third-order valence-electron chi connectivity index (χ3n) is 3.50. The predicted octanol–water partition coefficient (Wildman–Crippen LogP) is 4.06. The Hall–Kier alpha value is -1.88. The summed E-state index contributed by atoms with van der Waals surface area (Å²) in [4.78, 5) is 23.2. The van der Waals surface area contributed by atoms with E-state index >= 15 is 0 Å². The zero-order valence-electron chi connectivity index (χ0n) is 12.5. The largest absolute Gasteiger partial charge is 0.481 e. The molecule has 0 atom stereocenters. The number of fused-ring (bicyclic) bond motifs is 1. The summed E-state index contributed by atoms with van der Waals surface area (Å²) in [5.74, 6) is -0.734. The second kappa shape index (κ2) is 8.54. The van der Waals surface area contributed by atoms with Crippen molar-refractivity contribution in [2.75, 3.05) is 6.54 Å². The van der Waals surface area contributed by atoms with Gasteiger partial charge in [-0.3, -0.25) is 9.59 Å². The SMILES string of the molecule is O=C(O)CCCCCCCNC(=O)c1cc2ccccc2s1. The zero-order chi connectivity index (χ0) is 15.8. The van der Waals surface area contributed by atoms with Crippen LogP contribution in [0.3, 0.4) is 0 Å². The van der Waals surface area contributed by atoms with Crippen molar-refractivity contribution in [3.63, 3.8) is 0 Å². The molecule has 0 fully saturated rings. The van der Waals surface area contributed by atoms with Crippen LogP contribution >= 0.6 is 11.3 Å². The van der Waals surface area contributed by atoms with Crippen molar-refractivity contribution in [3.8, 4) is 0 Å². The highest BCUT2D eigenvalue weighted by molar-refractivity contribution is 7.20. The van der Waals surface area contributed by atoms with Crippen molar-refractivity contribution in [3.05, 3.63) is 35.2 Å². The van der Waals surface area contributed by atoms with Crippen LogP contribution in [0.15, 0.2) is 30.3 Å². The highest BCUT2D eigenvalue weighted by atomic mass is 32.1. The smallest absolute Gasteiger partial charge is 0.303 e. The van der Waals surface area contributed by atoms with Gasteiger partial charge in [-0.15, -0.1) is 11.3 Å². The van der Waals surface area contributed by atoms with E-state index in [4.69, 9.17) is 5.11 Å².